The van der Waals surface area contributed by atoms with Crippen molar-refractivity contribution in [2.45, 2.75) is 6.54 Å². The zero-order valence-corrected chi connectivity index (χ0v) is 16.1. The lowest BCUT2D eigenvalue weighted by molar-refractivity contribution is -0.125. The lowest BCUT2D eigenvalue weighted by Gasteiger charge is -2.37. The Morgan fingerprint density at radius 3 is 2.93 bits per heavy atom. The molecule has 0 unspecified atom stereocenters. The van der Waals surface area contributed by atoms with Crippen LogP contribution in [0.2, 0.25) is 0 Å². The van der Waals surface area contributed by atoms with Crippen molar-refractivity contribution >= 4 is 43.6 Å². The number of ether oxygens (including phenoxy) is 1. The highest BCUT2D eigenvalue weighted by Gasteiger charge is 2.34. The topological polar surface area (TPSA) is 83.1 Å². The van der Waals surface area contributed by atoms with Crippen LogP contribution in [0.3, 0.4) is 0 Å². The van der Waals surface area contributed by atoms with E-state index in [1.165, 1.54) is 0 Å². The molecule has 7 nitrogen and oxygen atoms in total. The zero-order chi connectivity index (χ0) is 19.1. The molecule has 0 atom stereocenters. The van der Waals surface area contributed by atoms with Crippen LogP contribution in [0.5, 0.6) is 5.75 Å². The van der Waals surface area contributed by atoms with Gasteiger partial charge in [-0.3, -0.25) is 4.79 Å². The second-order valence-electron chi connectivity index (χ2n) is 6.85. The number of nitrogens with zero attached hydrogens (tertiary/aromatic N) is 3. The molecule has 0 saturated carbocycles. The molecule has 5 rings (SSSR count). The largest absolute Gasteiger partial charge is 0.497 e. The molecule has 2 aromatic carbocycles. The molecule has 0 bridgehead atoms. The Bertz CT molecular complexity index is 1130. The minimum absolute atomic E-state index is 0.0223. The molecule has 0 spiro atoms. The molecule has 1 aliphatic rings. The number of para-hydroxylation sites is 2. The molecule has 2 aromatic heterocycles. The first-order valence-corrected chi connectivity index (χ1v) is 9.92. The Hall–Kier alpha value is -3.13. The summed E-state index contributed by atoms with van der Waals surface area (Å²) in [6.45, 7) is 1.77. The Morgan fingerprint density at radius 1 is 1.25 bits per heavy atom. The maximum Gasteiger partial charge on any atom is 0.227 e. The molecule has 1 aliphatic heterocycles. The molecular weight excluding hydrogens is 374 g/mol. The van der Waals surface area contributed by atoms with Crippen LogP contribution in [0.15, 0.2) is 42.5 Å². The van der Waals surface area contributed by atoms with E-state index in [0.717, 1.165) is 38.0 Å². The van der Waals surface area contributed by atoms with E-state index in [2.05, 4.69) is 25.2 Å². The fourth-order valence-corrected chi connectivity index (χ4v) is 4.37. The number of hydrogen-bond acceptors (Lipinski definition) is 6. The van der Waals surface area contributed by atoms with E-state index < -0.39 is 0 Å². The van der Waals surface area contributed by atoms with E-state index >= 15 is 0 Å². The minimum atomic E-state index is -0.0223. The van der Waals surface area contributed by atoms with Crippen LogP contribution < -0.4 is 15.0 Å². The summed E-state index contributed by atoms with van der Waals surface area (Å²) in [6, 6.07) is 13.7. The van der Waals surface area contributed by atoms with Crippen LogP contribution >= 0.6 is 11.3 Å². The molecule has 1 amide bonds. The summed E-state index contributed by atoms with van der Waals surface area (Å²) in [6.07, 6.45) is 0. The van der Waals surface area contributed by atoms with E-state index in [4.69, 9.17) is 4.74 Å². The van der Waals surface area contributed by atoms with E-state index in [1.807, 2.05) is 42.5 Å². The van der Waals surface area contributed by atoms with Crippen molar-refractivity contribution in [3.8, 4) is 5.75 Å². The van der Waals surface area contributed by atoms with E-state index in [-0.39, 0.29) is 11.8 Å². The Labute approximate surface area is 165 Å². The summed E-state index contributed by atoms with van der Waals surface area (Å²) >= 11 is 1.63. The van der Waals surface area contributed by atoms with Gasteiger partial charge in [-0.2, -0.15) is 0 Å². The number of rotatable bonds is 5. The molecule has 4 aromatic rings. The number of imidazole rings is 1. The van der Waals surface area contributed by atoms with Gasteiger partial charge in [0.05, 0.1) is 40.8 Å². The standard InChI is InChI=1S/C20H19N5O2S/c1-27-13-6-7-16-17(8-13)28-20(24-16)25-10-12(11-25)19(26)21-9-18-22-14-4-2-3-5-15(14)23-18/h2-8,12H,9-11H2,1H3,(H,21,26)(H,22,23). The van der Waals surface area contributed by atoms with Crippen molar-refractivity contribution < 1.29 is 9.53 Å². The van der Waals surface area contributed by atoms with Gasteiger partial charge in [0.2, 0.25) is 5.91 Å². The Morgan fingerprint density at radius 2 is 2.11 bits per heavy atom. The first-order valence-electron chi connectivity index (χ1n) is 9.10. The Kier molecular flexibility index (Phi) is 4.12. The summed E-state index contributed by atoms with van der Waals surface area (Å²) in [5.74, 6) is 1.63. The van der Waals surface area contributed by atoms with Gasteiger partial charge in [0.25, 0.3) is 0 Å². The molecule has 0 aliphatic carbocycles. The summed E-state index contributed by atoms with van der Waals surface area (Å²) in [7, 11) is 1.66. The molecule has 1 fully saturated rings. The van der Waals surface area contributed by atoms with Gasteiger partial charge in [-0.05, 0) is 30.3 Å². The number of nitrogens with one attached hydrogen (secondary N) is 2. The number of aromatic amines is 1. The number of hydrogen-bond donors (Lipinski definition) is 2. The second kappa shape index (κ2) is 6.79. The molecule has 1 saturated heterocycles. The van der Waals surface area contributed by atoms with Gasteiger partial charge in [0, 0.05) is 13.1 Å². The van der Waals surface area contributed by atoms with E-state index in [1.54, 1.807) is 18.4 Å². The second-order valence-corrected chi connectivity index (χ2v) is 7.86. The smallest absolute Gasteiger partial charge is 0.227 e. The lowest BCUT2D eigenvalue weighted by Crippen LogP contribution is -2.53. The average Bonchev–Trinajstić information content (AvgIpc) is 3.27. The first-order chi connectivity index (χ1) is 13.7. The monoisotopic (exact) mass is 393 g/mol. The summed E-state index contributed by atoms with van der Waals surface area (Å²) in [5, 5.41) is 3.93. The van der Waals surface area contributed by atoms with Gasteiger partial charge in [-0.1, -0.05) is 23.5 Å². The van der Waals surface area contributed by atoms with Gasteiger partial charge in [-0.15, -0.1) is 0 Å². The third-order valence-electron chi connectivity index (χ3n) is 4.98. The van der Waals surface area contributed by atoms with Gasteiger partial charge in [0.1, 0.15) is 11.6 Å². The number of thiazole rings is 1. The highest BCUT2D eigenvalue weighted by Crippen LogP contribution is 2.34. The van der Waals surface area contributed by atoms with Crippen LogP contribution in [0.1, 0.15) is 5.82 Å². The van der Waals surface area contributed by atoms with Crippen molar-refractivity contribution in [2.75, 3.05) is 25.1 Å². The van der Waals surface area contributed by atoms with Gasteiger partial charge >= 0.3 is 0 Å². The molecule has 142 valence electrons. The number of carbonyl (C=O) groups is 1. The number of aromatic nitrogens is 3. The minimum Gasteiger partial charge on any atom is -0.497 e. The molecule has 3 heterocycles. The van der Waals surface area contributed by atoms with Crippen molar-refractivity contribution in [1.29, 1.82) is 0 Å². The van der Waals surface area contributed by atoms with Crippen molar-refractivity contribution in [3.63, 3.8) is 0 Å². The summed E-state index contributed by atoms with van der Waals surface area (Å²) in [4.78, 5) is 27.0. The number of carbonyl (C=O) groups excluding carboxylic acids is 1. The number of benzene rings is 2. The number of fused-ring (bicyclic) bond motifs is 2. The number of methoxy groups -OCH3 is 1. The van der Waals surface area contributed by atoms with Crippen molar-refractivity contribution in [3.05, 3.63) is 48.3 Å². The predicted molar refractivity (Wildman–Crippen MR) is 110 cm³/mol. The lowest BCUT2D eigenvalue weighted by atomic mass is 10.0. The molecular formula is C20H19N5O2S. The van der Waals surface area contributed by atoms with Crippen LogP contribution in [0, 0.1) is 5.92 Å². The van der Waals surface area contributed by atoms with E-state index in [0.29, 0.717) is 19.6 Å². The summed E-state index contributed by atoms with van der Waals surface area (Å²) in [5.41, 5.74) is 2.85. The summed E-state index contributed by atoms with van der Waals surface area (Å²) < 4.78 is 6.36. The van der Waals surface area contributed by atoms with Gasteiger partial charge in [0.15, 0.2) is 5.13 Å². The maximum absolute atomic E-state index is 12.4. The molecule has 0 radical (unpaired) electrons. The van der Waals surface area contributed by atoms with Crippen molar-refractivity contribution in [2.24, 2.45) is 5.92 Å². The highest BCUT2D eigenvalue weighted by molar-refractivity contribution is 7.22. The normalized spacial score (nSPS) is 14.4. The average molecular weight is 393 g/mol. The Balaban J connectivity index is 1.18. The van der Waals surface area contributed by atoms with Crippen molar-refractivity contribution in [1.82, 2.24) is 20.3 Å². The van der Waals surface area contributed by atoms with Gasteiger partial charge in [-0.25, -0.2) is 9.97 Å². The van der Waals surface area contributed by atoms with Crippen LogP contribution in [0.4, 0.5) is 5.13 Å². The van der Waals surface area contributed by atoms with E-state index in [9.17, 15) is 4.79 Å². The number of H-pyrrole nitrogens is 1. The molecule has 2 N–H and O–H groups in total. The van der Waals surface area contributed by atoms with Crippen LogP contribution in [-0.2, 0) is 11.3 Å². The number of anilines is 1. The predicted octanol–water partition coefficient (Wildman–Crippen LogP) is 2.93. The number of amides is 1. The quantitative estimate of drug-likeness (QED) is 0.545. The third kappa shape index (κ3) is 3.05. The molecule has 8 heteroatoms. The fraction of sp³-hybridized carbons (Fsp3) is 0.250. The third-order valence-corrected chi connectivity index (χ3v) is 6.05. The van der Waals surface area contributed by atoms with Crippen LogP contribution in [0.25, 0.3) is 21.3 Å². The SMILES string of the molecule is COc1ccc2nc(N3CC(C(=O)NCc4nc5ccccc5[nH]4)C3)sc2c1. The first kappa shape index (κ1) is 17.0. The fourth-order valence-electron chi connectivity index (χ4n) is 3.36. The zero-order valence-electron chi connectivity index (χ0n) is 15.3. The van der Waals surface area contributed by atoms with Crippen LogP contribution in [-0.4, -0.2) is 41.1 Å². The molecule has 28 heavy (non-hydrogen) atoms. The van der Waals surface area contributed by atoms with Gasteiger partial charge < -0.3 is 19.9 Å². The highest BCUT2D eigenvalue weighted by atomic mass is 32.1. The maximum atomic E-state index is 12.4.